The van der Waals surface area contributed by atoms with Gasteiger partial charge in [-0.15, -0.1) is 0 Å². The lowest BCUT2D eigenvalue weighted by Gasteiger charge is -2.06. The Morgan fingerprint density at radius 2 is 2.19 bits per heavy atom. The summed E-state index contributed by atoms with van der Waals surface area (Å²) < 4.78 is 0. The Hall–Kier alpha value is -2.10. The quantitative estimate of drug-likeness (QED) is 0.805. The highest BCUT2D eigenvalue weighted by Crippen LogP contribution is 2.24. The van der Waals surface area contributed by atoms with Crippen LogP contribution in [0, 0.1) is 0 Å². The lowest BCUT2D eigenvalue weighted by Crippen LogP contribution is -2.02. The van der Waals surface area contributed by atoms with Crippen molar-refractivity contribution in [2.45, 2.75) is 13.3 Å². The second kappa shape index (κ2) is 3.81. The molecule has 3 N–H and O–H groups in total. The van der Waals surface area contributed by atoms with Gasteiger partial charge in [-0.2, -0.15) is 0 Å². The zero-order chi connectivity index (χ0) is 11.7. The van der Waals surface area contributed by atoms with Crippen LogP contribution in [-0.4, -0.2) is 16.1 Å². The van der Waals surface area contributed by atoms with Crippen molar-refractivity contribution in [3.8, 4) is 0 Å². The van der Waals surface area contributed by atoms with Crippen LogP contribution in [0.2, 0.25) is 0 Å². The van der Waals surface area contributed by atoms with E-state index in [1.807, 2.05) is 25.1 Å². The van der Waals surface area contributed by atoms with E-state index < -0.39 is 5.97 Å². The van der Waals surface area contributed by atoms with Gasteiger partial charge in [0.1, 0.15) is 5.82 Å². The molecule has 0 radical (unpaired) electrons. The molecule has 0 aliphatic rings. The number of benzene rings is 1. The fourth-order valence-corrected chi connectivity index (χ4v) is 1.70. The van der Waals surface area contributed by atoms with Gasteiger partial charge in [0.2, 0.25) is 0 Å². The van der Waals surface area contributed by atoms with Gasteiger partial charge >= 0.3 is 5.97 Å². The lowest BCUT2D eigenvalue weighted by atomic mass is 10.0. The normalized spacial score (nSPS) is 10.6. The average molecular weight is 216 g/mol. The zero-order valence-corrected chi connectivity index (χ0v) is 8.90. The molecule has 0 atom stereocenters. The number of rotatable bonds is 2. The van der Waals surface area contributed by atoms with Crippen LogP contribution < -0.4 is 5.73 Å². The molecular formula is C12H12N2O2. The van der Waals surface area contributed by atoms with E-state index in [9.17, 15) is 4.79 Å². The maximum Gasteiger partial charge on any atom is 0.337 e. The van der Waals surface area contributed by atoms with E-state index in [4.69, 9.17) is 10.8 Å². The van der Waals surface area contributed by atoms with Gasteiger partial charge in [-0.3, -0.25) is 0 Å². The Bertz CT molecular complexity index is 564. The summed E-state index contributed by atoms with van der Waals surface area (Å²) in [5.74, 6) is -0.617. The van der Waals surface area contributed by atoms with E-state index in [1.54, 1.807) is 0 Å². The Morgan fingerprint density at radius 3 is 2.81 bits per heavy atom. The zero-order valence-electron chi connectivity index (χ0n) is 8.90. The van der Waals surface area contributed by atoms with Gasteiger partial charge in [-0.25, -0.2) is 9.78 Å². The Morgan fingerprint density at radius 1 is 1.44 bits per heavy atom. The summed E-state index contributed by atoms with van der Waals surface area (Å²) >= 11 is 0. The summed E-state index contributed by atoms with van der Waals surface area (Å²) in [6.07, 6.45) is 2.16. The molecule has 2 rings (SSSR count). The Labute approximate surface area is 92.7 Å². The first-order valence-corrected chi connectivity index (χ1v) is 5.04. The van der Waals surface area contributed by atoms with Gasteiger partial charge in [0.05, 0.1) is 5.56 Å². The average Bonchev–Trinajstić information content (AvgIpc) is 2.28. The van der Waals surface area contributed by atoms with Gasteiger partial charge in [-0.1, -0.05) is 25.1 Å². The number of aromatic nitrogens is 1. The van der Waals surface area contributed by atoms with Gasteiger partial charge in [0, 0.05) is 17.0 Å². The second-order valence-electron chi connectivity index (χ2n) is 3.60. The molecule has 0 saturated heterocycles. The number of carbonyl (C=O) groups is 1. The molecule has 1 aromatic carbocycles. The number of pyridine rings is 1. The molecular weight excluding hydrogens is 204 g/mol. The first-order valence-electron chi connectivity index (χ1n) is 5.04. The van der Waals surface area contributed by atoms with Crippen molar-refractivity contribution in [2.75, 3.05) is 5.73 Å². The lowest BCUT2D eigenvalue weighted by molar-refractivity contribution is 0.0698. The van der Waals surface area contributed by atoms with Crippen LogP contribution >= 0.6 is 0 Å². The minimum atomic E-state index is -0.981. The maximum atomic E-state index is 11.0. The summed E-state index contributed by atoms with van der Waals surface area (Å²) in [5.41, 5.74) is 6.99. The number of nitrogens with zero attached hydrogens (tertiary/aromatic N) is 1. The highest BCUT2D eigenvalue weighted by molar-refractivity contribution is 6.06. The minimum absolute atomic E-state index is 0.194. The monoisotopic (exact) mass is 216 g/mol. The molecule has 0 amide bonds. The summed E-state index contributed by atoms with van der Waals surface area (Å²) in [7, 11) is 0. The number of anilines is 1. The smallest absolute Gasteiger partial charge is 0.337 e. The minimum Gasteiger partial charge on any atom is -0.478 e. The number of aryl methyl sites for hydroxylation is 1. The standard InChI is InChI=1S/C12H12N2O2/c1-2-7-3-4-8-9(5-7)10(12(15)16)6-14-11(8)13/h3-6H,2H2,1H3,(H2,13,14)(H,15,16). The van der Waals surface area contributed by atoms with Crippen molar-refractivity contribution in [1.82, 2.24) is 4.98 Å². The van der Waals surface area contributed by atoms with Crippen LogP contribution in [0.15, 0.2) is 24.4 Å². The van der Waals surface area contributed by atoms with E-state index in [0.29, 0.717) is 16.6 Å². The van der Waals surface area contributed by atoms with Gasteiger partial charge in [0.15, 0.2) is 0 Å². The molecule has 0 unspecified atom stereocenters. The second-order valence-corrected chi connectivity index (χ2v) is 3.60. The first kappa shape index (κ1) is 10.4. The van der Waals surface area contributed by atoms with Gasteiger partial charge in [-0.05, 0) is 12.0 Å². The fourth-order valence-electron chi connectivity index (χ4n) is 1.70. The molecule has 0 fully saturated rings. The number of hydrogen-bond donors (Lipinski definition) is 2. The van der Waals surface area contributed by atoms with E-state index in [1.165, 1.54) is 6.20 Å². The van der Waals surface area contributed by atoms with Crippen LogP contribution in [0.1, 0.15) is 22.8 Å². The van der Waals surface area contributed by atoms with Crippen molar-refractivity contribution in [3.63, 3.8) is 0 Å². The predicted octanol–water partition coefficient (Wildman–Crippen LogP) is 2.08. The third-order valence-electron chi connectivity index (χ3n) is 2.62. The largest absolute Gasteiger partial charge is 0.478 e. The molecule has 0 spiro atoms. The molecule has 4 nitrogen and oxygen atoms in total. The van der Waals surface area contributed by atoms with Crippen LogP contribution in [0.4, 0.5) is 5.82 Å². The van der Waals surface area contributed by atoms with Crippen molar-refractivity contribution >= 4 is 22.6 Å². The topological polar surface area (TPSA) is 76.2 Å². The van der Waals surface area contributed by atoms with E-state index in [2.05, 4.69) is 4.98 Å². The fraction of sp³-hybridized carbons (Fsp3) is 0.167. The van der Waals surface area contributed by atoms with Gasteiger partial charge in [0.25, 0.3) is 0 Å². The summed E-state index contributed by atoms with van der Waals surface area (Å²) in [4.78, 5) is 14.9. The van der Waals surface area contributed by atoms with Crippen molar-refractivity contribution in [2.24, 2.45) is 0 Å². The van der Waals surface area contributed by atoms with E-state index in [-0.39, 0.29) is 5.56 Å². The number of carboxylic acid groups (broad SMARTS) is 1. The van der Waals surface area contributed by atoms with E-state index in [0.717, 1.165) is 12.0 Å². The Kier molecular flexibility index (Phi) is 2.48. The van der Waals surface area contributed by atoms with Gasteiger partial charge < -0.3 is 10.8 Å². The molecule has 0 aliphatic carbocycles. The number of fused-ring (bicyclic) bond motifs is 1. The highest BCUT2D eigenvalue weighted by atomic mass is 16.4. The van der Waals surface area contributed by atoms with E-state index >= 15 is 0 Å². The summed E-state index contributed by atoms with van der Waals surface area (Å²) in [6, 6.07) is 5.62. The number of aromatic carboxylic acids is 1. The molecule has 16 heavy (non-hydrogen) atoms. The molecule has 82 valence electrons. The molecule has 4 heteroatoms. The van der Waals surface area contributed by atoms with Crippen molar-refractivity contribution in [1.29, 1.82) is 0 Å². The highest BCUT2D eigenvalue weighted by Gasteiger charge is 2.11. The molecule has 1 heterocycles. The molecule has 1 aromatic heterocycles. The van der Waals surface area contributed by atoms with Crippen molar-refractivity contribution < 1.29 is 9.90 Å². The number of hydrogen-bond acceptors (Lipinski definition) is 3. The Balaban J connectivity index is 2.83. The summed E-state index contributed by atoms with van der Waals surface area (Å²) in [6.45, 7) is 2.02. The van der Waals surface area contributed by atoms with Crippen molar-refractivity contribution in [3.05, 3.63) is 35.5 Å². The third kappa shape index (κ3) is 1.58. The molecule has 0 saturated carbocycles. The predicted molar refractivity (Wildman–Crippen MR) is 62.5 cm³/mol. The summed E-state index contributed by atoms with van der Waals surface area (Å²) in [5, 5.41) is 10.4. The number of nitrogens with two attached hydrogens (primary N) is 1. The van der Waals surface area contributed by atoms with Crippen LogP contribution in [-0.2, 0) is 6.42 Å². The van der Waals surface area contributed by atoms with Crippen LogP contribution in [0.3, 0.4) is 0 Å². The number of carboxylic acids is 1. The third-order valence-corrected chi connectivity index (χ3v) is 2.62. The van der Waals surface area contributed by atoms with Crippen LogP contribution in [0.25, 0.3) is 10.8 Å². The van der Waals surface area contributed by atoms with Crippen LogP contribution in [0.5, 0.6) is 0 Å². The SMILES string of the molecule is CCc1ccc2c(N)ncc(C(=O)O)c2c1. The maximum absolute atomic E-state index is 11.0. The molecule has 0 aliphatic heterocycles. The molecule has 2 aromatic rings. The molecule has 0 bridgehead atoms. The first-order chi connectivity index (χ1) is 7.63. The number of nitrogen functional groups attached to an aromatic ring is 1.